The Labute approximate surface area is 113 Å². The highest BCUT2D eigenvalue weighted by Crippen LogP contribution is 2.18. The van der Waals surface area contributed by atoms with Gasteiger partial charge in [-0.3, -0.25) is 4.79 Å². The van der Waals surface area contributed by atoms with E-state index in [-0.39, 0.29) is 5.91 Å². The van der Waals surface area contributed by atoms with Crippen LogP contribution in [-0.4, -0.2) is 5.91 Å². The molecule has 5 heteroatoms. The molecule has 0 spiro atoms. The van der Waals surface area contributed by atoms with Crippen molar-refractivity contribution in [3.05, 3.63) is 51.9 Å². The van der Waals surface area contributed by atoms with Gasteiger partial charge in [-0.15, -0.1) is 0 Å². The number of halogens is 1. The van der Waals surface area contributed by atoms with E-state index in [2.05, 4.69) is 21.2 Å². The van der Waals surface area contributed by atoms with E-state index >= 15 is 0 Å². The minimum Gasteiger partial charge on any atom is -0.465 e. The number of nitrogens with two attached hydrogens (primary N) is 1. The summed E-state index contributed by atoms with van der Waals surface area (Å²) in [5.41, 5.74) is 6.68. The van der Waals surface area contributed by atoms with Gasteiger partial charge >= 0.3 is 0 Å². The van der Waals surface area contributed by atoms with Crippen molar-refractivity contribution >= 4 is 27.5 Å². The van der Waals surface area contributed by atoms with Gasteiger partial charge in [0.25, 0.3) is 5.91 Å². The van der Waals surface area contributed by atoms with E-state index in [0.29, 0.717) is 17.8 Å². The predicted octanol–water partition coefficient (Wildman–Crippen LogP) is 2.86. The molecular formula is C13H13BrN2O2. The van der Waals surface area contributed by atoms with Crippen LogP contribution < -0.4 is 11.1 Å². The first-order valence-electron chi connectivity index (χ1n) is 5.45. The van der Waals surface area contributed by atoms with Gasteiger partial charge in [0, 0.05) is 10.2 Å². The molecule has 0 atom stereocenters. The number of nitrogen functional groups attached to an aromatic ring is 1. The number of hydrogen-bond donors (Lipinski definition) is 2. The lowest BCUT2D eigenvalue weighted by Crippen LogP contribution is -2.23. The van der Waals surface area contributed by atoms with Crippen LogP contribution in [0.1, 0.15) is 21.9 Å². The van der Waals surface area contributed by atoms with E-state index < -0.39 is 0 Å². The Morgan fingerprint density at radius 1 is 1.39 bits per heavy atom. The highest BCUT2D eigenvalue weighted by atomic mass is 79.9. The lowest BCUT2D eigenvalue weighted by Gasteiger charge is -2.06. The summed E-state index contributed by atoms with van der Waals surface area (Å²) < 4.78 is 6.21. The minimum atomic E-state index is -0.214. The van der Waals surface area contributed by atoms with Gasteiger partial charge in [-0.05, 0) is 37.3 Å². The molecule has 1 amide bonds. The van der Waals surface area contributed by atoms with Gasteiger partial charge in [-0.25, -0.2) is 0 Å². The largest absolute Gasteiger partial charge is 0.465 e. The van der Waals surface area contributed by atoms with Crippen LogP contribution in [0.25, 0.3) is 0 Å². The van der Waals surface area contributed by atoms with Crippen molar-refractivity contribution in [2.24, 2.45) is 0 Å². The maximum Gasteiger partial charge on any atom is 0.253 e. The topological polar surface area (TPSA) is 68.3 Å². The number of benzene rings is 1. The minimum absolute atomic E-state index is 0.214. The molecule has 0 fully saturated rings. The van der Waals surface area contributed by atoms with E-state index in [9.17, 15) is 4.79 Å². The van der Waals surface area contributed by atoms with Gasteiger partial charge in [0.15, 0.2) is 0 Å². The highest BCUT2D eigenvalue weighted by Gasteiger charge is 2.10. The molecule has 1 heterocycles. The first-order chi connectivity index (χ1) is 8.56. The number of carbonyl (C=O) groups is 1. The number of aryl methyl sites for hydroxylation is 1. The zero-order chi connectivity index (χ0) is 13.1. The molecule has 0 aliphatic heterocycles. The van der Waals surface area contributed by atoms with Gasteiger partial charge in [-0.1, -0.05) is 15.9 Å². The van der Waals surface area contributed by atoms with Crippen molar-refractivity contribution in [2.75, 3.05) is 5.73 Å². The van der Waals surface area contributed by atoms with E-state index in [1.54, 1.807) is 18.2 Å². The molecule has 0 unspecified atom stereocenters. The normalized spacial score (nSPS) is 10.3. The van der Waals surface area contributed by atoms with Crippen LogP contribution in [0.4, 0.5) is 5.69 Å². The van der Waals surface area contributed by atoms with Gasteiger partial charge in [0.05, 0.1) is 12.1 Å². The van der Waals surface area contributed by atoms with E-state index in [0.717, 1.165) is 16.0 Å². The van der Waals surface area contributed by atoms with Crippen LogP contribution in [-0.2, 0) is 6.54 Å². The second-order valence-electron chi connectivity index (χ2n) is 3.93. The summed E-state index contributed by atoms with van der Waals surface area (Å²) in [5, 5.41) is 2.76. The third-order valence-corrected chi connectivity index (χ3v) is 2.97. The maximum atomic E-state index is 11.9. The number of rotatable bonds is 3. The van der Waals surface area contributed by atoms with Crippen LogP contribution in [0.2, 0.25) is 0 Å². The molecule has 2 aromatic rings. The quantitative estimate of drug-likeness (QED) is 0.857. The zero-order valence-electron chi connectivity index (χ0n) is 9.87. The Morgan fingerprint density at radius 3 is 2.78 bits per heavy atom. The van der Waals surface area contributed by atoms with Crippen molar-refractivity contribution in [3.8, 4) is 0 Å². The second-order valence-corrected chi connectivity index (χ2v) is 4.84. The molecule has 4 nitrogen and oxygen atoms in total. The van der Waals surface area contributed by atoms with E-state index in [1.807, 2.05) is 19.1 Å². The summed E-state index contributed by atoms with van der Waals surface area (Å²) in [6.07, 6.45) is 0. The summed E-state index contributed by atoms with van der Waals surface area (Å²) in [7, 11) is 0. The van der Waals surface area contributed by atoms with Crippen LogP contribution >= 0.6 is 15.9 Å². The fourth-order valence-electron chi connectivity index (χ4n) is 1.58. The van der Waals surface area contributed by atoms with Gasteiger partial charge in [0.2, 0.25) is 0 Å². The van der Waals surface area contributed by atoms with Gasteiger partial charge < -0.3 is 15.5 Å². The molecular weight excluding hydrogens is 296 g/mol. The average molecular weight is 309 g/mol. The molecule has 0 saturated carbocycles. The smallest absolute Gasteiger partial charge is 0.253 e. The fraction of sp³-hybridized carbons (Fsp3) is 0.154. The van der Waals surface area contributed by atoms with Gasteiger partial charge in [0.1, 0.15) is 11.5 Å². The molecule has 94 valence electrons. The molecule has 0 aliphatic rings. The fourth-order valence-corrected chi connectivity index (χ4v) is 1.96. The molecule has 1 aromatic heterocycles. The van der Waals surface area contributed by atoms with Crippen molar-refractivity contribution in [2.45, 2.75) is 13.5 Å². The van der Waals surface area contributed by atoms with E-state index in [1.165, 1.54) is 0 Å². The molecule has 2 rings (SSSR count). The summed E-state index contributed by atoms with van der Waals surface area (Å²) in [5.74, 6) is 1.33. The highest BCUT2D eigenvalue weighted by molar-refractivity contribution is 9.10. The van der Waals surface area contributed by atoms with Crippen LogP contribution in [0.5, 0.6) is 0 Å². The number of hydrogen-bond acceptors (Lipinski definition) is 3. The van der Waals surface area contributed by atoms with Crippen LogP contribution in [0, 0.1) is 6.92 Å². The Kier molecular flexibility index (Phi) is 3.72. The number of amides is 1. The summed E-state index contributed by atoms with van der Waals surface area (Å²) in [6.45, 7) is 2.21. The average Bonchev–Trinajstić information content (AvgIpc) is 2.72. The third kappa shape index (κ3) is 2.92. The van der Waals surface area contributed by atoms with Crippen LogP contribution in [0.15, 0.2) is 39.2 Å². The lowest BCUT2D eigenvalue weighted by molar-refractivity contribution is 0.0949. The second kappa shape index (κ2) is 5.27. The Bertz CT molecular complexity index is 578. The van der Waals surface area contributed by atoms with Crippen molar-refractivity contribution in [1.82, 2.24) is 5.32 Å². The third-order valence-electron chi connectivity index (χ3n) is 2.48. The Hall–Kier alpha value is -1.75. The number of furan rings is 1. The summed E-state index contributed by atoms with van der Waals surface area (Å²) >= 11 is 3.30. The summed E-state index contributed by atoms with van der Waals surface area (Å²) in [4.78, 5) is 11.9. The van der Waals surface area contributed by atoms with Crippen molar-refractivity contribution in [3.63, 3.8) is 0 Å². The first kappa shape index (κ1) is 12.7. The summed E-state index contributed by atoms with van der Waals surface area (Å²) in [6, 6.07) is 8.85. The molecule has 0 aliphatic carbocycles. The Balaban J connectivity index is 2.03. The molecule has 1 aromatic carbocycles. The number of carbonyl (C=O) groups excluding carboxylic acids is 1. The maximum absolute atomic E-state index is 11.9. The monoisotopic (exact) mass is 308 g/mol. The predicted molar refractivity (Wildman–Crippen MR) is 73.2 cm³/mol. The molecule has 3 N–H and O–H groups in total. The van der Waals surface area contributed by atoms with E-state index in [4.69, 9.17) is 10.2 Å². The lowest BCUT2D eigenvalue weighted by atomic mass is 10.1. The van der Waals surface area contributed by atoms with Crippen molar-refractivity contribution < 1.29 is 9.21 Å². The van der Waals surface area contributed by atoms with Gasteiger partial charge in [-0.2, -0.15) is 0 Å². The number of nitrogens with one attached hydrogen (secondary N) is 1. The van der Waals surface area contributed by atoms with Crippen molar-refractivity contribution in [1.29, 1.82) is 0 Å². The first-order valence-corrected chi connectivity index (χ1v) is 6.24. The molecule has 18 heavy (non-hydrogen) atoms. The molecule has 0 saturated heterocycles. The SMILES string of the molecule is Cc1ccc(CNC(=O)c2ccc(Br)cc2N)o1. The molecule has 0 bridgehead atoms. The molecule has 0 radical (unpaired) electrons. The Morgan fingerprint density at radius 2 is 2.17 bits per heavy atom. The zero-order valence-corrected chi connectivity index (χ0v) is 11.5. The van der Waals surface area contributed by atoms with Crippen LogP contribution in [0.3, 0.4) is 0 Å². The standard InChI is InChI=1S/C13H13BrN2O2/c1-8-2-4-10(18-8)7-16-13(17)11-5-3-9(14)6-12(11)15/h2-6H,7,15H2,1H3,(H,16,17). The number of anilines is 1.